The third kappa shape index (κ3) is 68.1. The molecular weight excluding hydrogens is 1230 g/mol. The SMILES string of the molecule is CCCCCC/C=C\C=C/CCCCCCCC(=O)O[C@H](COC(=O)CCCCCCCCCCCCCCCCC)COP(=O)(O)OC[C@@H](O)COP(=O)(O)OC[C@@H](COC(=O)CCCCCCCCCCCCC)OC(=O)CCCCCCCCCCCCCCC. The van der Waals surface area contributed by atoms with Crippen molar-refractivity contribution < 1.29 is 80.2 Å². The number of rotatable bonds is 74. The lowest BCUT2D eigenvalue weighted by Gasteiger charge is -2.21. The van der Waals surface area contributed by atoms with E-state index >= 15 is 0 Å². The van der Waals surface area contributed by atoms with E-state index < -0.39 is 97.5 Å². The summed E-state index contributed by atoms with van der Waals surface area (Å²) in [5.41, 5.74) is 0. The third-order valence-corrected chi connectivity index (χ3v) is 18.9. The molecule has 0 aliphatic carbocycles. The summed E-state index contributed by atoms with van der Waals surface area (Å²) in [6, 6.07) is 0. The molecule has 3 N–H and O–H groups in total. The van der Waals surface area contributed by atoms with Crippen molar-refractivity contribution in [1.82, 2.24) is 0 Å². The van der Waals surface area contributed by atoms with Crippen molar-refractivity contribution in [3.05, 3.63) is 24.3 Å². The van der Waals surface area contributed by atoms with Crippen LogP contribution < -0.4 is 0 Å². The van der Waals surface area contributed by atoms with E-state index in [1.807, 2.05) is 0 Å². The summed E-state index contributed by atoms with van der Waals surface area (Å²) < 4.78 is 68.4. The van der Waals surface area contributed by atoms with Crippen LogP contribution in [0.15, 0.2) is 24.3 Å². The van der Waals surface area contributed by atoms with Gasteiger partial charge in [0.25, 0.3) is 0 Å². The van der Waals surface area contributed by atoms with Gasteiger partial charge in [0.1, 0.15) is 19.3 Å². The number of hydrogen-bond donors (Lipinski definition) is 3. The van der Waals surface area contributed by atoms with Gasteiger partial charge in [-0.05, 0) is 51.4 Å². The van der Waals surface area contributed by atoms with Crippen LogP contribution in [-0.2, 0) is 65.4 Å². The lowest BCUT2D eigenvalue weighted by atomic mass is 10.0. The van der Waals surface area contributed by atoms with Gasteiger partial charge in [-0.1, -0.05) is 322 Å². The summed E-state index contributed by atoms with van der Waals surface area (Å²) in [6.07, 6.45) is 61.6. The molecule has 5 atom stereocenters. The Bertz CT molecular complexity index is 1880. The largest absolute Gasteiger partial charge is 0.472 e. The lowest BCUT2D eigenvalue weighted by Crippen LogP contribution is -2.30. The van der Waals surface area contributed by atoms with Crippen molar-refractivity contribution in [1.29, 1.82) is 0 Å². The molecule has 554 valence electrons. The van der Waals surface area contributed by atoms with Crippen molar-refractivity contribution in [3.8, 4) is 0 Å². The van der Waals surface area contributed by atoms with E-state index in [1.165, 1.54) is 193 Å². The van der Waals surface area contributed by atoms with E-state index in [4.69, 9.17) is 37.0 Å². The van der Waals surface area contributed by atoms with Crippen LogP contribution >= 0.6 is 15.6 Å². The fourth-order valence-corrected chi connectivity index (χ4v) is 12.6. The summed E-state index contributed by atoms with van der Waals surface area (Å²) in [4.78, 5) is 72.7. The zero-order valence-corrected chi connectivity index (χ0v) is 62.2. The Labute approximate surface area is 573 Å². The van der Waals surface area contributed by atoms with Gasteiger partial charge >= 0.3 is 39.5 Å². The van der Waals surface area contributed by atoms with Crippen LogP contribution in [0.3, 0.4) is 0 Å². The molecule has 0 bridgehead atoms. The number of allylic oxidation sites excluding steroid dienone is 4. The molecule has 0 heterocycles. The zero-order valence-electron chi connectivity index (χ0n) is 60.4. The van der Waals surface area contributed by atoms with Gasteiger partial charge in [0.05, 0.1) is 26.4 Å². The quantitative estimate of drug-likeness (QED) is 0.0169. The molecule has 0 aliphatic heterocycles. The second-order valence-corrected chi connectivity index (χ2v) is 29.3. The molecule has 0 aliphatic rings. The topological polar surface area (TPSA) is 237 Å². The van der Waals surface area contributed by atoms with Crippen LogP contribution in [-0.4, -0.2) is 96.7 Å². The Morgan fingerprint density at radius 2 is 0.511 bits per heavy atom. The van der Waals surface area contributed by atoms with E-state index in [0.29, 0.717) is 25.7 Å². The summed E-state index contributed by atoms with van der Waals surface area (Å²) in [5, 5.41) is 10.6. The molecule has 0 aromatic heterocycles. The van der Waals surface area contributed by atoms with Gasteiger partial charge in [0.2, 0.25) is 0 Å². The third-order valence-electron chi connectivity index (χ3n) is 17.0. The minimum atomic E-state index is -4.96. The Balaban J connectivity index is 5.29. The molecule has 0 fully saturated rings. The van der Waals surface area contributed by atoms with Gasteiger partial charge in [-0.15, -0.1) is 0 Å². The van der Waals surface area contributed by atoms with Crippen molar-refractivity contribution >= 4 is 39.5 Å². The summed E-state index contributed by atoms with van der Waals surface area (Å²) in [7, 11) is -9.92. The molecule has 0 spiro atoms. The number of carbonyl (C=O) groups excluding carboxylic acids is 4. The number of unbranched alkanes of at least 4 members (excludes halogenated alkanes) is 45. The maximum absolute atomic E-state index is 13.1. The lowest BCUT2D eigenvalue weighted by molar-refractivity contribution is -0.161. The van der Waals surface area contributed by atoms with Crippen LogP contribution in [0.2, 0.25) is 0 Å². The Kier molecular flexibility index (Phi) is 67.2. The summed E-state index contributed by atoms with van der Waals surface area (Å²) >= 11 is 0. The van der Waals surface area contributed by atoms with Crippen molar-refractivity contribution in [2.24, 2.45) is 0 Å². The van der Waals surface area contributed by atoms with Gasteiger partial charge in [0, 0.05) is 25.7 Å². The predicted octanol–water partition coefficient (Wildman–Crippen LogP) is 21.8. The van der Waals surface area contributed by atoms with Gasteiger partial charge in [-0.25, -0.2) is 9.13 Å². The van der Waals surface area contributed by atoms with Crippen LogP contribution in [0.1, 0.15) is 374 Å². The average molecular weight is 1380 g/mol. The fraction of sp³-hybridized carbons (Fsp3) is 0.893. The monoisotopic (exact) mass is 1380 g/mol. The Hall–Kier alpha value is -2.46. The van der Waals surface area contributed by atoms with Crippen LogP contribution in [0.5, 0.6) is 0 Å². The number of ether oxygens (including phenoxy) is 4. The molecular formula is C75H142O17P2. The number of phosphoric ester groups is 2. The normalized spacial score (nSPS) is 14.1. The Morgan fingerprint density at radius 3 is 0.777 bits per heavy atom. The smallest absolute Gasteiger partial charge is 0.462 e. The first kappa shape index (κ1) is 91.5. The van der Waals surface area contributed by atoms with Gasteiger partial charge < -0.3 is 33.8 Å². The first-order valence-electron chi connectivity index (χ1n) is 38.6. The number of phosphoric acid groups is 2. The summed E-state index contributed by atoms with van der Waals surface area (Å²) in [5.74, 6) is -2.14. The fourth-order valence-electron chi connectivity index (χ4n) is 11.0. The highest BCUT2D eigenvalue weighted by atomic mass is 31.2. The minimum absolute atomic E-state index is 0.0860. The summed E-state index contributed by atoms with van der Waals surface area (Å²) in [6.45, 7) is 4.92. The second-order valence-electron chi connectivity index (χ2n) is 26.4. The van der Waals surface area contributed by atoms with E-state index in [-0.39, 0.29) is 25.7 Å². The molecule has 17 nitrogen and oxygen atoms in total. The predicted molar refractivity (Wildman–Crippen MR) is 381 cm³/mol. The van der Waals surface area contributed by atoms with Crippen LogP contribution in [0.25, 0.3) is 0 Å². The van der Waals surface area contributed by atoms with Gasteiger partial charge in [0.15, 0.2) is 12.2 Å². The van der Waals surface area contributed by atoms with E-state index in [9.17, 15) is 43.2 Å². The molecule has 0 rings (SSSR count). The molecule has 0 aromatic carbocycles. The highest BCUT2D eigenvalue weighted by Gasteiger charge is 2.30. The van der Waals surface area contributed by atoms with Gasteiger partial charge in [-0.3, -0.25) is 37.3 Å². The minimum Gasteiger partial charge on any atom is -0.462 e. The van der Waals surface area contributed by atoms with Crippen molar-refractivity contribution in [2.45, 2.75) is 393 Å². The maximum Gasteiger partial charge on any atom is 0.472 e. The molecule has 0 saturated heterocycles. The van der Waals surface area contributed by atoms with Crippen LogP contribution in [0.4, 0.5) is 0 Å². The first-order chi connectivity index (χ1) is 45.7. The number of esters is 4. The number of aliphatic hydroxyl groups excluding tert-OH is 1. The van der Waals surface area contributed by atoms with E-state index in [2.05, 4.69) is 52.0 Å². The molecule has 19 heteroatoms. The Morgan fingerprint density at radius 1 is 0.298 bits per heavy atom. The number of carbonyl (C=O) groups is 4. The molecule has 0 radical (unpaired) electrons. The van der Waals surface area contributed by atoms with E-state index in [1.54, 1.807) is 0 Å². The molecule has 2 unspecified atom stereocenters. The standard InChI is InChI=1S/C75H142O17P2/c1-5-9-13-17-21-25-29-32-34-37-40-44-48-52-56-60-73(78)86-66-71(92-75(80)62-58-54-50-46-42-38-35-33-30-26-22-18-14-10-6-2)68-90-94(83,84)88-64-69(76)63-87-93(81,82)89-67-70(65-85-72(77)59-55-51-47-43-39-28-24-20-16-12-8-4)91-74(79)61-57-53-49-45-41-36-31-27-23-19-15-11-7-3/h26,30,33,35,69-71,76H,5-25,27-29,31-32,34,36-68H2,1-4H3,(H,81,82)(H,83,84)/b30-26-,35-33-/t69-,70+,71+/m0/s1. The highest BCUT2D eigenvalue weighted by Crippen LogP contribution is 2.45. The second kappa shape index (κ2) is 69.0. The molecule has 0 amide bonds. The highest BCUT2D eigenvalue weighted by molar-refractivity contribution is 7.47. The average Bonchev–Trinajstić information content (AvgIpc) is 1.45. The maximum atomic E-state index is 13.1. The molecule has 0 saturated carbocycles. The van der Waals surface area contributed by atoms with Crippen molar-refractivity contribution in [2.75, 3.05) is 39.6 Å². The zero-order chi connectivity index (χ0) is 69.0. The first-order valence-corrected chi connectivity index (χ1v) is 41.6. The number of aliphatic hydroxyl groups is 1. The number of hydrogen-bond acceptors (Lipinski definition) is 15. The van der Waals surface area contributed by atoms with E-state index in [0.717, 1.165) is 103 Å². The molecule has 0 aromatic rings. The van der Waals surface area contributed by atoms with Crippen molar-refractivity contribution in [3.63, 3.8) is 0 Å². The van der Waals surface area contributed by atoms with Gasteiger partial charge in [-0.2, -0.15) is 0 Å². The molecule has 94 heavy (non-hydrogen) atoms. The van der Waals surface area contributed by atoms with Crippen LogP contribution in [0, 0.1) is 0 Å².